The number of carbonyl (C=O) groups is 1. The average molecular weight is 479 g/mol. The Balaban J connectivity index is 1.47. The van der Waals surface area contributed by atoms with E-state index in [4.69, 9.17) is 20.6 Å². The Morgan fingerprint density at radius 2 is 2.06 bits per heavy atom. The summed E-state index contributed by atoms with van der Waals surface area (Å²) in [6.45, 7) is 5.25. The first-order valence-corrected chi connectivity index (χ1v) is 12.7. The number of nitrogen functional groups attached to an aromatic ring is 1. The zero-order valence-electron chi connectivity index (χ0n) is 21.1. The van der Waals surface area contributed by atoms with Crippen LogP contribution in [0, 0.1) is 5.41 Å². The van der Waals surface area contributed by atoms with Gasteiger partial charge in [0.1, 0.15) is 17.3 Å². The molecule has 7 nitrogen and oxygen atoms in total. The van der Waals surface area contributed by atoms with Gasteiger partial charge in [-0.3, -0.25) is 10.2 Å². The quantitative estimate of drug-likeness (QED) is 0.270. The maximum absolute atomic E-state index is 13.7. The first-order valence-electron chi connectivity index (χ1n) is 12.7. The monoisotopic (exact) mass is 478 g/mol. The molecule has 7 heteroatoms. The van der Waals surface area contributed by atoms with Crippen LogP contribution in [0.5, 0.6) is 11.5 Å². The minimum Gasteiger partial charge on any atom is -0.496 e. The molecule has 4 rings (SSSR count). The molecule has 3 atom stereocenters. The lowest BCUT2D eigenvalue weighted by atomic mass is 9.84. The number of amides is 1. The minimum absolute atomic E-state index is 0.0648. The number of unbranched alkanes of at least 4 members (excludes halogenated alkanes) is 2. The van der Waals surface area contributed by atoms with Crippen LogP contribution in [0.3, 0.4) is 0 Å². The number of anilines is 1. The summed E-state index contributed by atoms with van der Waals surface area (Å²) in [6, 6.07) is 13.4. The molecule has 0 radical (unpaired) electrons. The van der Waals surface area contributed by atoms with Crippen molar-refractivity contribution in [1.82, 2.24) is 5.32 Å². The van der Waals surface area contributed by atoms with E-state index in [9.17, 15) is 4.79 Å². The molecule has 1 fully saturated rings. The average Bonchev–Trinajstić information content (AvgIpc) is 2.84. The summed E-state index contributed by atoms with van der Waals surface area (Å²) < 4.78 is 11.7. The van der Waals surface area contributed by atoms with Crippen molar-refractivity contribution in [3.8, 4) is 11.5 Å². The summed E-state index contributed by atoms with van der Waals surface area (Å²) in [5.74, 6) is 1.01. The molecule has 1 unspecified atom stereocenters. The number of nitrogens with two attached hydrogens (primary N) is 1. The molecule has 4 N–H and O–H groups in total. The third-order valence-corrected chi connectivity index (χ3v) is 7.29. The van der Waals surface area contributed by atoms with Crippen molar-refractivity contribution < 1.29 is 14.3 Å². The number of hydrogen-bond acceptors (Lipinski definition) is 5. The Labute approximate surface area is 208 Å². The number of ether oxygens (including phenoxy) is 2. The molecule has 188 valence electrons. The van der Waals surface area contributed by atoms with Crippen LogP contribution in [0.1, 0.15) is 76.0 Å². The molecular formula is C28H38N4O3. The van der Waals surface area contributed by atoms with Crippen LogP contribution in [-0.4, -0.2) is 37.0 Å². The van der Waals surface area contributed by atoms with Gasteiger partial charge in [0.25, 0.3) is 5.91 Å². The number of methoxy groups -OCH3 is 1. The van der Waals surface area contributed by atoms with Gasteiger partial charge >= 0.3 is 0 Å². The number of carbonyl (C=O) groups excluding carboxylic acids is 1. The maximum atomic E-state index is 13.7. The molecule has 0 aromatic heterocycles. The van der Waals surface area contributed by atoms with Gasteiger partial charge < -0.3 is 25.4 Å². The van der Waals surface area contributed by atoms with Gasteiger partial charge in [0.05, 0.1) is 12.8 Å². The zero-order chi connectivity index (χ0) is 25.0. The van der Waals surface area contributed by atoms with Crippen molar-refractivity contribution in [2.75, 3.05) is 18.6 Å². The molecule has 0 saturated carbocycles. The van der Waals surface area contributed by atoms with Gasteiger partial charge in [-0.1, -0.05) is 31.4 Å². The molecule has 0 bridgehead atoms. The normalized spacial score (nSPS) is 24.0. The summed E-state index contributed by atoms with van der Waals surface area (Å²) >= 11 is 0. The molecule has 2 heterocycles. The summed E-state index contributed by atoms with van der Waals surface area (Å²) in [7, 11) is 1.56. The SMILES string of the molecule is COc1ccc(C(=N)N)cc1C1Oc2ccccc2N(CCCCC[C@]2(C)CCC[C@H](C)N2)C1=O. The van der Waals surface area contributed by atoms with Crippen LogP contribution in [-0.2, 0) is 4.79 Å². The lowest BCUT2D eigenvalue weighted by molar-refractivity contribution is -0.126. The van der Waals surface area contributed by atoms with Gasteiger partial charge in [-0.05, 0) is 69.9 Å². The molecule has 0 aliphatic carbocycles. The van der Waals surface area contributed by atoms with E-state index in [1.807, 2.05) is 29.2 Å². The second-order valence-corrected chi connectivity index (χ2v) is 10.1. The van der Waals surface area contributed by atoms with Crippen molar-refractivity contribution in [3.63, 3.8) is 0 Å². The summed E-state index contributed by atoms with van der Waals surface area (Å²) in [5, 5.41) is 11.6. The van der Waals surface area contributed by atoms with Crippen molar-refractivity contribution in [2.45, 2.75) is 76.5 Å². The van der Waals surface area contributed by atoms with E-state index in [1.54, 1.807) is 25.3 Å². The number of para-hydroxylation sites is 2. The number of nitrogens with one attached hydrogen (secondary N) is 2. The molecule has 2 aliphatic heterocycles. The van der Waals surface area contributed by atoms with E-state index in [-0.39, 0.29) is 17.3 Å². The first kappa shape index (κ1) is 25.0. The molecule has 2 aromatic rings. The highest BCUT2D eigenvalue weighted by Gasteiger charge is 2.37. The fraction of sp³-hybridized carbons (Fsp3) is 0.500. The number of amidine groups is 1. The number of rotatable bonds is 9. The molecule has 1 amide bonds. The van der Waals surface area contributed by atoms with Gasteiger partial charge in [-0.25, -0.2) is 0 Å². The van der Waals surface area contributed by atoms with Gasteiger partial charge in [0.2, 0.25) is 6.10 Å². The zero-order valence-corrected chi connectivity index (χ0v) is 21.1. The number of piperidine rings is 1. The Hall–Kier alpha value is -3.06. The van der Waals surface area contributed by atoms with Crippen LogP contribution in [0.25, 0.3) is 0 Å². The molecule has 35 heavy (non-hydrogen) atoms. The number of fused-ring (bicyclic) bond motifs is 1. The van der Waals surface area contributed by atoms with Crippen molar-refractivity contribution in [3.05, 3.63) is 53.6 Å². The van der Waals surface area contributed by atoms with Crippen LogP contribution in [0.15, 0.2) is 42.5 Å². The van der Waals surface area contributed by atoms with Gasteiger partial charge in [-0.15, -0.1) is 0 Å². The Morgan fingerprint density at radius 3 is 2.80 bits per heavy atom. The summed E-state index contributed by atoms with van der Waals surface area (Å²) in [5.41, 5.74) is 7.84. The Kier molecular flexibility index (Phi) is 7.65. The fourth-order valence-electron chi connectivity index (χ4n) is 5.45. The predicted molar refractivity (Wildman–Crippen MR) is 139 cm³/mol. The molecule has 2 aliphatic rings. The van der Waals surface area contributed by atoms with Crippen molar-refractivity contribution in [1.29, 1.82) is 5.41 Å². The fourth-order valence-corrected chi connectivity index (χ4v) is 5.45. The Morgan fingerprint density at radius 1 is 1.26 bits per heavy atom. The Bertz CT molecular complexity index is 1070. The first-order chi connectivity index (χ1) is 16.8. The van der Waals surface area contributed by atoms with Gasteiger partial charge in [-0.2, -0.15) is 0 Å². The third kappa shape index (κ3) is 5.61. The van der Waals surface area contributed by atoms with E-state index in [0.717, 1.165) is 31.4 Å². The largest absolute Gasteiger partial charge is 0.496 e. The molecular weight excluding hydrogens is 440 g/mol. The predicted octanol–water partition coefficient (Wildman–Crippen LogP) is 4.93. The van der Waals surface area contributed by atoms with E-state index < -0.39 is 6.10 Å². The van der Waals surface area contributed by atoms with Crippen LogP contribution < -0.4 is 25.4 Å². The van der Waals surface area contributed by atoms with Crippen LogP contribution >= 0.6 is 0 Å². The highest BCUT2D eigenvalue weighted by molar-refractivity contribution is 6.01. The van der Waals surface area contributed by atoms with E-state index in [1.165, 1.54) is 19.3 Å². The van der Waals surface area contributed by atoms with Crippen molar-refractivity contribution in [2.24, 2.45) is 5.73 Å². The maximum Gasteiger partial charge on any atom is 0.273 e. The second-order valence-electron chi connectivity index (χ2n) is 10.1. The van der Waals surface area contributed by atoms with Gasteiger partial charge in [0, 0.05) is 29.3 Å². The lowest BCUT2D eigenvalue weighted by Crippen LogP contribution is -2.50. The van der Waals surface area contributed by atoms with Crippen molar-refractivity contribution >= 4 is 17.4 Å². The summed E-state index contributed by atoms with van der Waals surface area (Å²) in [4.78, 5) is 15.5. The molecule has 2 aromatic carbocycles. The smallest absolute Gasteiger partial charge is 0.273 e. The van der Waals surface area contributed by atoms with Crippen LogP contribution in [0.2, 0.25) is 0 Å². The highest BCUT2D eigenvalue weighted by atomic mass is 16.5. The van der Waals surface area contributed by atoms with Crippen LogP contribution in [0.4, 0.5) is 5.69 Å². The van der Waals surface area contributed by atoms with E-state index in [2.05, 4.69) is 19.2 Å². The highest BCUT2D eigenvalue weighted by Crippen LogP contribution is 2.41. The number of benzene rings is 2. The lowest BCUT2D eigenvalue weighted by Gasteiger charge is -2.39. The van der Waals surface area contributed by atoms with E-state index in [0.29, 0.717) is 35.2 Å². The number of nitrogens with zero attached hydrogens (tertiary/aromatic N) is 1. The summed E-state index contributed by atoms with van der Waals surface area (Å²) in [6.07, 6.45) is 7.20. The third-order valence-electron chi connectivity index (χ3n) is 7.29. The number of hydrogen-bond donors (Lipinski definition) is 3. The topological polar surface area (TPSA) is 101 Å². The minimum atomic E-state index is -0.856. The molecule has 1 saturated heterocycles. The second kappa shape index (κ2) is 10.7. The van der Waals surface area contributed by atoms with Gasteiger partial charge in [0.15, 0.2) is 0 Å². The standard InChI is InChI=1S/C28H38N4O3/c1-19-10-9-16-28(2,31-19)15-7-4-8-17-32-22-11-5-6-12-24(22)35-25(27(32)33)21-18-20(26(29)30)13-14-23(21)34-3/h5-6,11-14,18-19,25,31H,4,7-10,15-17H2,1-3H3,(H3,29,30)/t19-,25?,28+/m0/s1. The molecule has 0 spiro atoms. The van der Waals surface area contributed by atoms with E-state index >= 15 is 0 Å².